The first kappa shape index (κ1) is 15.8. The van der Waals surface area contributed by atoms with E-state index in [4.69, 9.17) is 4.74 Å². The van der Waals surface area contributed by atoms with Crippen molar-refractivity contribution in [3.8, 4) is 0 Å². The average molecular weight is 295 g/mol. The highest BCUT2D eigenvalue weighted by Gasteiger charge is 2.31. The van der Waals surface area contributed by atoms with Crippen LogP contribution in [0.3, 0.4) is 0 Å². The molecule has 2 rings (SSSR count). The van der Waals surface area contributed by atoms with Gasteiger partial charge in [0.15, 0.2) is 0 Å². The lowest BCUT2D eigenvalue weighted by Gasteiger charge is -2.34. The van der Waals surface area contributed by atoms with Crippen LogP contribution in [0.5, 0.6) is 0 Å². The predicted octanol–water partition coefficient (Wildman–Crippen LogP) is 1.24. The summed E-state index contributed by atoms with van der Waals surface area (Å²) >= 11 is 0. The normalized spacial score (nSPS) is 27.1. The molecular formula is C15H25N3O3. The molecule has 1 fully saturated rings. The molecule has 0 radical (unpaired) electrons. The standard InChI is InChI=1S/C15H25N3O3/c1-4-21-14(19)13-11(3)16-15(20)17-12(13)9-18-7-5-6-10(2)8-18/h10-11H,4-9H2,1-3H3,(H2,16,17,20). The van der Waals surface area contributed by atoms with Crippen molar-refractivity contribution < 1.29 is 14.3 Å². The first-order valence-corrected chi connectivity index (χ1v) is 7.71. The summed E-state index contributed by atoms with van der Waals surface area (Å²) in [6.45, 7) is 8.75. The lowest BCUT2D eigenvalue weighted by Crippen LogP contribution is -2.51. The van der Waals surface area contributed by atoms with Crippen LogP contribution in [-0.2, 0) is 9.53 Å². The van der Waals surface area contributed by atoms with Gasteiger partial charge >= 0.3 is 12.0 Å². The van der Waals surface area contributed by atoms with Crippen LogP contribution in [0.25, 0.3) is 0 Å². The number of nitrogens with zero attached hydrogens (tertiary/aromatic N) is 1. The fourth-order valence-electron chi connectivity index (χ4n) is 3.06. The Labute approximate surface area is 125 Å². The molecule has 0 aliphatic carbocycles. The largest absolute Gasteiger partial charge is 0.463 e. The molecule has 0 bridgehead atoms. The van der Waals surface area contributed by atoms with Gasteiger partial charge in [-0.15, -0.1) is 0 Å². The van der Waals surface area contributed by atoms with Gasteiger partial charge in [-0.1, -0.05) is 6.92 Å². The topological polar surface area (TPSA) is 70.7 Å². The number of rotatable bonds is 4. The number of hydrogen-bond donors (Lipinski definition) is 2. The van der Waals surface area contributed by atoms with E-state index in [1.165, 1.54) is 6.42 Å². The van der Waals surface area contributed by atoms with Gasteiger partial charge in [0.25, 0.3) is 0 Å². The number of hydrogen-bond acceptors (Lipinski definition) is 4. The maximum absolute atomic E-state index is 12.1. The Bertz CT molecular complexity index is 447. The molecule has 6 nitrogen and oxygen atoms in total. The van der Waals surface area contributed by atoms with Gasteiger partial charge < -0.3 is 15.4 Å². The van der Waals surface area contributed by atoms with Crippen molar-refractivity contribution in [3.63, 3.8) is 0 Å². The molecule has 2 aliphatic rings. The number of carbonyl (C=O) groups is 2. The number of likely N-dealkylation sites (tertiary alicyclic amines) is 1. The number of carbonyl (C=O) groups excluding carboxylic acids is 2. The number of piperidine rings is 1. The second kappa shape index (κ2) is 6.93. The molecule has 6 heteroatoms. The lowest BCUT2D eigenvalue weighted by molar-refractivity contribution is -0.139. The highest BCUT2D eigenvalue weighted by Crippen LogP contribution is 2.19. The Balaban J connectivity index is 2.18. The molecule has 0 aromatic heterocycles. The Kier molecular flexibility index (Phi) is 5.22. The Hall–Kier alpha value is -1.56. The van der Waals surface area contributed by atoms with Crippen LogP contribution in [0.4, 0.5) is 4.79 Å². The van der Waals surface area contributed by atoms with Crippen molar-refractivity contribution in [2.75, 3.05) is 26.2 Å². The minimum absolute atomic E-state index is 0.254. The van der Waals surface area contributed by atoms with Gasteiger partial charge in [-0.25, -0.2) is 9.59 Å². The second-order valence-corrected chi connectivity index (χ2v) is 5.92. The van der Waals surface area contributed by atoms with E-state index in [1.54, 1.807) is 6.92 Å². The van der Waals surface area contributed by atoms with Gasteiger partial charge in [0.1, 0.15) is 0 Å². The SMILES string of the molecule is CCOC(=O)C1=C(CN2CCCC(C)C2)NC(=O)NC1C. The fraction of sp³-hybridized carbons (Fsp3) is 0.733. The molecule has 21 heavy (non-hydrogen) atoms. The molecule has 2 N–H and O–H groups in total. The summed E-state index contributed by atoms with van der Waals surface area (Å²) in [4.78, 5) is 26.1. The predicted molar refractivity (Wildman–Crippen MR) is 79.6 cm³/mol. The van der Waals surface area contributed by atoms with Crippen molar-refractivity contribution in [2.45, 2.75) is 39.7 Å². The van der Waals surface area contributed by atoms with Crippen LogP contribution in [0.15, 0.2) is 11.3 Å². The molecular weight excluding hydrogens is 270 g/mol. The molecule has 2 heterocycles. The number of amides is 2. The number of nitrogens with one attached hydrogen (secondary N) is 2. The quantitative estimate of drug-likeness (QED) is 0.766. The minimum atomic E-state index is -0.349. The number of urea groups is 1. The highest BCUT2D eigenvalue weighted by atomic mass is 16.5. The van der Waals surface area contributed by atoms with Crippen LogP contribution >= 0.6 is 0 Å². The molecule has 2 amide bonds. The zero-order chi connectivity index (χ0) is 15.4. The van der Waals surface area contributed by atoms with Gasteiger partial charge in [-0.2, -0.15) is 0 Å². The Morgan fingerprint density at radius 2 is 2.19 bits per heavy atom. The number of ether oxygens (including phenoxy) is 1. The molecule has 118 valence electrons. The van der Waals surface area contributed by atoms with Crippen molar-refractivity contribution in [1.82, 2.24) is 15.5 Å². The van der Waals surface area contributed by atoms with Crippen molar-refractivity contribution in [1.29, 1.82) is 0 Å². The molecule has 2 atom stereocenters. The first-order valence-electron chi connectivity index (χ1n) is 7.71. The zero-order valence-electron chi connectivity index (χ0n) is 13.1. The van der Waals surface area contributed by atoms with Gasteiger partial charge in [0.2, 0.25) is 0 Å². The van der Waals surface area contributed by atoms with Crippen molar-refractivity contribution in [3.05, 3.63) is 11.3 Å². The van der Waals surface area contributed by atoms with Gasteiger partial charge in [0.05, 0.1) is 18.2 Å². The summed E-state index contributed by atoms with van der Waals surface area (Å²) in [5.41, 5.74) is 1.22. The van der Waals surface area contributed by atoms with Crippen LogP contribution in [0.1, 0.15) is 33.6 Å². The maximum Gasteiger partial charge on any atom is 0.337 e. The van der Waals surface area contributed by atoms with Crippen LogP contribution in [-0.4, -0.2) is 49.2 Å². The van der Waals surface area contributed by atoms with E-state index in [-0.39, 0.29) is 18.0 Å². The van der Waals surface area contributed by atoms with E-state index in [1.807, 2.05) is 6.92 Å². The van der Waals surface area contributed by atoms with E-state index in [0.29, 0.717) is 30.3 Å². The molecule has 2 unspecified atom stereocenters. The summed E-state index contributed by atoms with van der Waals surface area (Å²) in [6, 6.07) is -0.578. The van der Waals surface area contributed by atoms with Crippen LogP contribution in [0.2, 0.25) is 0 Å². The summed E-state index contributed by atoms with van der Waals surface area (Å²) < 4.78 is 5.12. The molecule has 0 saturated carbocycles. The summed E-state index contributed by atoms with van der Waals surface area (Å²) in [5.74, 6) is 0.304. The second-order valence-electron chi connectivity index (χ2n) is 5.92. The fourth-order valence-corrected chi connectivity index (χ4v) is 3.06. The molecule has 1 saturated heterocycles. The first-order chi connectivity index (χ1) is 10.0. The monoisotopic (exact) mass is 295 g/mol. The van der Waals surface area contributed by atoms with E-state index >= 15 is 0 Å². The molecule has 0 aromatic carbocycles. The third-order valence-corrected chi connectivity index (χ3v) is 3.99. The molecule has 0 spiro atoms. The minimum Gasteiger partial charge on any atom is -0.463 e. The van der Waals surface area contributed by atoms with Crippen molar-refractivity contribution in [2.24, 2.45) is 5.92 Å². The van der Waals surface area contributed by atoms with E-state index in [2.05, 4.69) is 22.5 Å². The van der Waals surface area contributed by atoms with E-state index < -0.39 is 0 Å². The van der Waals surface area contributed by atoms with Gasteiger partial charge in [-0.05, 0) is 39.2 Å². The van der Waals surface area contributed by atoms with E-state index in [0.717, 1.165) is 19.5 Å². The Morgan fingerprint density at radius 1 is 1.43 bits per heavy atom. The van der Waals surface area contributed by atoms with Gasteiger partial charge in [0, 0.05) is 18.8 Å². The maximum atomic E-state index is 12.1. The molecule has 2 aliphatic heterocycles. The zero-order valence-corrected chi connectivity index (χ0v) is 13.1. The van der Waals surface area contributed by atoms with Crippen LogP contribution in [0, 0.1) is 5.92 Å². The van der Waals surface area contributed by atoms with Gasteiger partial charge in [-0.3, -0.25) is 4.90 Å². The summed E-state index contributed by atoms with van der Waals surface area (Å²) in [5, 5.41) is 5.50. The third-order valence-electron chi connectivity index (χ3n) is 3.99. The molecule has 0 aromatic rings. The lowest BCUT2D eigenvalue weighted by atomic mass is 9.99. The van der Waals surface area contributed by atoms with Crippen molar-refractivity contribution >= 4 is 12.0 Å². The van der Waals surface area contributed by atoms with Crippen LogP contribution < -0.4 is 10.6 Å². The number of esters is 1. The highest BCUT2D eigenvalue weighted by molar-refractivity contribution is 5.94. The smallest absolute Gasteiger partial charge is 0.337 e. The summed E-state index contributed by atoms with van der Waals surface area (Å²) in [6.07, 6.45) is 2.40. The Morgan fingerprint density at radius 3 is 2.86 bits per heavy atom. The summed E-state index contributed by atoms with van der Waals surface area (Å²) in [7, 11) is 0. The average Bonchev–Trinajstić information content (AvgIpc) is 2.38. The van der Waals surface area contributed by atoms with E-state index in [9.17, 15) is 9.59 Å². The third kappa shape index (κ3) is 3.97.